The van der Waals surface area contributed by atoms with Crippen molar-refractivity contribution in [2.75, 3.05) is 27.3 Å². The van der Waals surface area contributed by atoms with Crippen molar-refractivity contribution in [3.8, 4) is 11.5 Å². The molecule has 0 aromatic heterocycles. The summed E-state index contributed by atoms with van der Waals surface area (Å²) in [6.45, 7) is 4.23. The number of methoxy groups -OCH3 is 2. The molecule has 4 nitrogen and oxygen atoms in total. The fourth-order valence-corrected chi connectivity index (χ4v) is 2.52. The van der Waals surface area contributed by atoms with Gasteiger partial charge in [-0.15, -0.1) is 0 Å². The van der Waals surface area contributed by atoms with E-state index < -0.39 is 0 Å². The number of Topliss-reactive ketones (excluding diaryl/α,β-unsaturated/α-hetero) is 1. The molecule has 0 bridgehead atoms. The summed E-state index contributed by atoms with van der Waals surface area (Å²) in [5, 5.41) is 0. The lowest BCUT2D eigenvalue weighted by Gasteiger charge is -2.26. The number of aryl methyl sites for hydroxylation is 1. The van der Waals surface area contributed by atoms with Crippen LogP contribution in [0.15, 0.2) is 12.1 Å². The minimum absolute atomic E-state index is 0.323. The van der Waals surface area contributed by atoms with E-state index in [4.69, 9.17) is 9.47 Å². The highest BCUT2D eigenvalue weighted by Gasteiger charge is 2.19. The molecule has 1 fully saturated rings. The van der Waals surface area contributed by atoms with Gasteiger partial charge in [0.05, 0.1) is 20.8 Å². The van der Waals surface area contributed by atoms with Crippen molar-refractivity contribution in [3.05, 3.63) is 23.3 Å². The summed E-state index contributed by atoms with van der Waals surface area (Å²) in [6, 6.07) is 3.99. The van der Waals surface area contributed by atoms with Crippen LogP contribution in [0.25, 0.3) is 0 Å². The summed E-state index contributed by atoms with van der Waals surface area (Å²) < 4.78 is 10.8. The maximum atomic E-state index is 11.5. The van der Waals surface area contributed by atoms with Crippen LogP contribution in [0.2, 0.25) is 0 Å². The number of carbonyl (C=O) groups excluding carboxylic acids is 1. The fraction of sp³-hybridized carbons (Fsp3) is 0.533. The highest BCUT2D eigenvalue weighted by atomic mass is 16.5. The third-order valence-corrected chi connectivity index (χ3v) is 3.52. The van der Waals surface area contributed by atoms with Crippen LogP contribution in [0.1, 0.15) is 24.0 Å². The summed E-state index contributed by atoms with van der Waals surface area (Å²) in [5.41, 5.74) is 2.12. The third kappa shape index (κ3) is 3.26. The van der Waals surface area contributed by atoms with Crippen molar-refractivity contribution in [3.63, 3.8) is 0 Å². The zero-order valence-corrected chi connectivity index (χ0v) is 11.9. The summed E-state index contributed by atoms with van der Waals surface area (Å²) in [7, 11) is 3.34. The van der Waals surface area contributed by atoms with Gasteiger partial charge in [0.25, 0.3) is 0 Å². The lowest BCUT2D eigenvalue weighted by Crippen LogP contribution is -2.35. The Morgan fingerprint density at radius 2 is 1.95 bits per heavy atom. The highest BCUT2D eigenvalue weighted by molar-refractivity contribution is 5.81. The molecule has 0 radical (unpaired) electrons. The topological polar surface area (TPSA) is 38.8 Å². The van der Waals surface area contributed by atoms with Gasteiger partial charge in [-0.1, -0.05) is 0 Å². The molecule has 0 atom stereocenters. The van der Waals surface area contributed by atoms with E-state index in [1.807, 2.05) is 19.1 Å². The monoisotopic (exact) mass is 263 g/mol. The number of hydrogen-bond donors (Lipinski definition) is 0. The third-order valence-electron chi connectivity index (χ3n) is 3.52. The van der Waals surface area contributed by atoms with Gasteiger partial charge in [-0.2, -0.15) is 0 Å². The first-order chi connectivity index (χ1) is 9.13. The summed E-state index contributed by atoms with van der Waals surface area (Å²) in [6.07, 6.45) is 1.66. The minimum atomic E-state index is 0.323. The van der Waals surface area contributed by atoms with E-state index in [9.17, 15) is 4.79 Å². The van der Waals surface area contributed by atoms with E-state index >= 15 is 0 Å². The zero-order chi connectivity index (χ0) is 13.8. The molecular weight excluding hydrogens is 242 g/mol. The van der Waals surface area contributed by atoms with E-state index in [-0.39, 0.29) is 0 Å². The van der Waals surface area contributed by atoms with Crippen LogP contribution < -0.4 is 9.47 Å². The molecule has 0 saturated carbocycles. The van der Waals surface area contributed by atoms with Gasteiger partial charge in [-0.25, -0.2) is 0 Å². The van der Waals surface area contributed by atoms with Crippen LogP contribution in [-0.4, -0.2) is 38.0 Å². The van der Waals surface area contributed by atoms with Gasteiger partial charge in [-0.3, -0.25) is 9.69 Å². The Bertz CT molecular complexity index is 471. The lowest BCUT2D eigenvalue weighted by atomic mass is 10.1. The zero-order valence-electron chi connectivity index (χ0n) is 11.9. The highest BCUT2D eigenvalue weighted by Crippen LogP contribution is 2.29. The molecule has 0 amide bonds. The van der Waals surface area contributed by atoms with Crippen molar-refractivity contribution in [1.29, 1.82) is 0 Å². The standard InChI is InChI=1S/C15H21NO3/c1-11-7-15(19-3)12(8-14(11)18-2)9-16-6-4-5-13(17)10-16/h7-8H,4-6,9-10H2,1-3H3. The van der Waals surface area contributed by atoms with Gasteiger partial charge in [0.15, 0.2) is 0 Å². The second kappa shape index (κ2) is 6.06. The number of carbonyl (C=O) groups is 1. The Labute approximate surface area is 114 Å². The van der Waals surface area contributed by atoms with Gasteiger partial charge in [0.1, 0.15) is 17.3 Å². The number of nitrogens with zero attached hydrogens (tertiary/aromatic N) is 1. The average molecular weight is 263 g/mol. The van der Waals surface area contributed by atoms with Crippen molar-refractivity contribution in [2.24, 2.45) is 0 Å². The maximum Gasteiger partial charge on any atom is 0.146 e. The van der Waals surface area contributed by atoms with E-state index in [1.54, 1.807) is 14.2 Å². The van der Waals surface area contributed by atoms with E-state index in [0.717, 1.165) is 42.1 Å². The van der Waals surface area contributed by atoms with Crippen LogP contribution in [0, 0.1) is 6.92 Å². The van der Waals surface area contributed by atoms with Crippen molar-refractivity contribution in [1.82, 2.24) is 4.90 Å². The number of hydrogen-bond acceptors (Lipinski definition) is 4. The van der Waals surface area contributed by atoms with Crippen LogP contribution >= 0.6 is 0 Å². The molecule has 0 spiro atoms. The number of likely N-dealkylation sites (tertiary alicyclic amines) is 1. The molecule has 104 valence electrons. The molecule has 1 aliphatic rings. The Balaban J connectivity index is 2.20. The summed E-state index contributed by atoms with van der Waals surface area (Å²) in [4.78, 5) is 13.7. The first-order valence-corrected chi connectivity index (χ1v) is 6.59. The first-order valence-electron chi connectivity index (χ1n) is 6.59. The second-order valence-electron chi connectivity index (χ2n) is 4.99. The maximum absolute atomic E-state index is 11.5. The van der Waals surface area contributed by atoms with E-state index in [1.165, 1.54) is 0 Å². The average Bonchev–Trinajstić information content (AvgIpc) is 2.40. The van der Waals surface area contributed by atoms with Gasteiger partial charge in [-0.05, 0) is 37.6 Å². The second-order valence-corrected chi connectivity index (χ2v) is 4.99. The Hall–Kier alpha value is -1.55. The molecule has 1 aromatic carbocycles. The Kier molecular flexibility index (Phi) is 4.43. The minimum Gasteiger partial charge on any atom is -0.496 e. The molecule has 0 N–H and O–H groups in total. The van der Waals surface area contributed by atoms with Crippen LogP contribution in [0.4, 0.5) is 0 Å². The first kappa shape index (κ1) is 13.9. The van der Waals surface area contributed by atoms with Crippen molar-refractivity contribution in [2.45, 2.75) is 26.3 Å². The van der Waals surface area contributed by atoms with Gasteiger partial charge in [0.2, 0.25) is 0 Å². The molecule has 1 saturated heterocycles. The smallest absolute Gasteiger partial charge is 0.146 e. The molecule has 0 aliphatic carbocycles. The molecule has 19 heavy (non-hydrogen) atoms. The van der Waals surface area contributed by atoms with Crippen molar-refractivity contribution < 1.29 is 14.3 Å². The molecule has 2 rings (SSSR count). The lowest BCUT2D eigenvalue weighted by molar-refractivity contribution is -0.122. The summed E-state index contributed by atoms with van der Waals surface area (Å²) >= 11 is 0. The van der Waals surface area contributed by atoms with Gasteiger partial charge < -0.3 is 9.47 Å². The van der Waals surface area contributed by atoms with Crippen LogP contribution in [0.3, 0.4) is 0 Å². The van der Waals surface area contributed by atoms with Crippen LogP contribution in [0.5, 0.6) is 11.5 Å². The molecular formula is C15H21NO3. The number of benzene rings is 1. The Morgan fingerprint density at radius 3 is 2.58 bits per heavy atom. The molecule has 0 unspecified atom stereocenters. The largest absolute Gasteiger partial charge is 0.496 e. The molecule has 1 heterocycles. The normalized spacial score (nSPS) is 16.5. The number of piperidine rings is 1. The fourth-order valence-electron chi connectivity index (χ4n) is 2.52. The van der Waals surface area contributed by atoms with E-state index in [0.29, 0.717) is 18.7 Å². The van der Waals surface area contributed by atoms with Crippen LogP contribution in [-0.2, 0) is 11.3 Å². The number of ether oxygens (including phenoxy) is 2. The summed E-state index contributed by atoms with van der Waals surface area (Å²) in [5.74, 6) is 2.04. The quantitative estimate of drug-likeness (QED) is 0.834. The SMILES string of the molecule is COc1cc(CN2CCCC(=O)C2)c(OC)cc1C. The van der Waals surface area contributed by atoms with Crippen molar-refractivity contribution >= 4 is 5.78 Å². The predicted octanol–water partition coefficient (Wildman–Crippen LogP) is 2.18. The predicted molar refractivity (Wildman–Crippen MR) is 73.8 cm³/mol. The molecule has 1 aromatic rings. The number of rotatable bonds is 4. The van der Waals surface area contributed by atoms with Gasteiger partial charge in [0, 0.05) is 18.5 Å². The molecule has 4 heteroatoms. The van der Waals surface area contributed by atoms with Gasteiger partial charge >= 0.3 is 0 Å². The Morgan fingerprint density at radius 1 is 1.21 bits per heavy atom. The number of ketones is 1. The molecule has 1 aliphatic heterocycles. The van der Waals surface area contributed by atoms with E-state index in [2.05, 4.69) is 4.90 Å².